The van der Waals surface area contributed by atoms with Gasteiger partial charge in [-0.05, 0) is 38.4 Å². The van der Waals surface area contributed by atoms with E-state index < -0.39 is 5.60 Å². The zero-order chi connectivity index (χ0) is 16.2. The van der Waals surface area contributed by atoms with Crippen molar-refractivity contribution >= 4 is 18.3 Å². The molecule has 0 radical (unpaired) electrons. The van der Waals surface area contributed by atoms with Crippen LogP contribution in [0.3, 0.4) is 0 Å². The number of halogens is 1. The molecule has 1 aliphatic heterocycles. The molecule has 23 heavy (non-hydrogen) atoms. The van der Waals surface area contributed by atoms with Gasteiger partial charge < -0.3 is 15.4 Å². The average Bonchev–Trinajstić information content (AvgIpc) is 2.56. The standard InChI is InChI=1S/C18H28N2O2.ClH/c1-14(17(2,3)15-8-6-5-7-9-15)20-16(21)18(22-4)10-12-19-13-11-18;/h5-9,14,19H,10-13H2,1-4H3,(H,20,21);1H. The van der Waals surface area contributed by atoms with Crippen molar-refractivity contribution in [3.05, 3.63) is 35.9 Å². The van der Waals surface area contributed by atoms with E-state index in [0.29, 0.717) is 12.8 Å². The number of amides is 1. The van der Waals surface area contributed by atoms with Crippen LogP contribution in [-0.4, -0.2) is 37.7 Å². The first-order chi connectivity index (χ1) is 10.4. The molecule has 2 N–H and O–H groups in total. The Balaban J connectivity index is 0.00000264. The molecule has 2 rings (SSSR count). The summed E-state index contributed by atoms with van der Waals surface area (Å²) in [5, 5.41) is 6.47. The van der Waals surface area contributed by atoms with Crippen LogP contribution in [0.1, 0.15) is 39.2 Å². The second kappa shape index (κ2) is 8.13. The molecule has 0 spiro atoms. The molecular formula is C18H29ClN2O2. The van der Waals surface area contributed by atoms with Gasteiger partial charge in [0.15, 0.2) is 0 Å². The van der Waals surface area contributed by atoms with E-state index in [4.69, 9.17) is 4.74 Å². The Kier molecular flexibility index (Phi) is 7.05. The number of carbonyl (C=O) groups is 1. The Morgan fingerprint density at radius 1 is 1.26 bits per heavy atom. The quantitative estimate of drug-likeness (QED) is 0.866. The lowest BCUT2D eigenvalue weighted by molar-refractivity contribution is -0.147. The summed E-state index contributed by atoms with van der Waals surface area (Å²) in [4.78, 5) is 12.8. The van der Waals surface area contributed by atoms with E-state index in [1.165, 1.54) is 5.56 Å². The van der Waals surface area contributed by atoms with Crippen LogP contribution in [0.15, 0.2) is 30.3 Å². The zero-order valence-electron chi connectivity index (χ0n) is 14.5. The summed E-state index contributed by atoms with van der Waals surface area (Å²) in [5.41, 5.74) is 0.394. The van der Waals surface area contributed by atoms with Crippen molar-refractivity contribution < 1.29 is 9.53 Å². The summed E-state index contributed by atoms with van der Waals surface area (Å²) in [6.07, 6.45) is 1.43. The van der Waals surface area contributed by atoms with Crippen molar-refractivity contribution in [3.63, 3.8) is 0 Å². The van der Waals surface area contributed by atoms with Gasteiger partial charge in [0.1, 0.15) is 5.60 Å². The van der Waals surface area contributed by atoms with E-state index >= 15 is 0 Å². The van der Waals surface area contributed by atoms with Crippen molar-refractivity contribution in [3.8, 4) is 0 Å². The molecule has 1 aromatic carbocycles. The van der Waals surface area contributed by atoms with Crippen molar-refractivity contribution in [1.29, 1.82) is 0 Å². The predicted molar refractivity (Wildman–Crippen MR) is 96.2 cm³/mol. The minimum absolute atomic E-state index is 0. The first kappa shape index (κ1) is 19.9. The molecule has 1 aromatic rings. The molecule has 0 aliphatic carbocycles. The van der Waals surface area contributed by atoms with Crippen LogP contribution < -0.4 is 10.6 Å². The second-order valence-corrected chi connectivity index (χ2v) is 6.73. The van der Waals surface area contributed by atoms with Crippen LogP contribution in [0.5, 0.6) is 0 Å². The number of rotatable bonds is 5. The van der Waals surface area contributed by atoms with Crippen molar-refractivity contribution in [2.45, 2.75) is 50.7 Å². The first-order valence-corrected chi connectivity index (χ1v) is 8.05. The van der Waals surface area contributed by atoms with E-state index in [9.17, 15) is 4.79 Å². The minimum Gasteiger partial charge on any atom is -0.368 e. The number of piperidine rings is 1. The van der Waals surface area contributed by atoms with Crippen molar-refractivity contribution in [2.24, 2.45) is 0 Å². The molecule has 1 fully saturated rings. The minimum atomic E-state index is -0.688. The summed E-state index contributed by atoms with van der Waals surface area (Å²) >= 11 is 0. The molecule has 0 saturated carbocycles. The molecule has 5 heteroatoms. The molecule has 1 saturated heterocycles. The van der Waals surface area contributed by atoms with Gasteiger partial charge in [-0.2, -0.15) is 0 Å². The largest absolute Gasteiger partial charge is 0.368 e. The lowest BCUT2D eigenvalue weighted by Crippen LogP contribution is -2.58. The molecule has 130 valence electrons. The van der Waals surface area contributed by atoms with E-state index in [0.717, 1.165) is 13.1 Å². The molecular weight excluding hydrogens is 312 g/mol. The van der Waals surface area contributed by atoms with Gasteiger partial charge >= 0.3 is 0 Å². The molecule has 0 bridgehead atoms. The lowest BCUT2D eigenvalue weighted by atomic mass is 9.78. The Morgan fingerprint density at radius 3 is 2.35 bits per heavy atom. The highest BCUT2D eigenvalue weighted by Gasteiger charge is 2.41. The van der Waals surface area contributed by atoms with Crippen molar-refractivity contribution in [2.75, 3.05) is 20.2 Å². The fraction of sp³-hybridized carbons (Fsp3) is 0.611. The van der Waals surface area contributed by atoms with Crippen LogP contribution in [0.2, 0.25) is 0 Å². The molecule has 1 unspecified atom stereocenters. The summed E-state index contributed by atoms with van der Waals surface area (Å²) in [5.74, 6) is 0.00741. The maximum atomic E-state index is 12.8. The summed E-state index contributed by atoms with van der Waals surface area (Å²) < 4.78 is 5.61. The number of ether oxygens (including phenoxy) is 1. The Morgan fingerprint density at radius 2 is 1.83 bits per heavy atom. The average molecular weight is 341 g/mol. The van der Waals surface area contributed by atoms with Gasteiger partial charge in [-0.25, -0.2) is 0 Å². The number of hydrogen-bond donors (Lipinski definition) is 2. The van der Waals surface area contributed by atoms with Crippen LogP contribution in [0.25, 0.3) is 0 Å². The van der Waals surface area contributed by atoms with Crippen LogP contribution >= 0.6 is 12.4 Å². The number of nitrogens with one attached hydrogen (secondary N) is 2. The van der Waals surface area contributed by atoms with Gasteiger partial charge in [0.2, 0.25) is 0 Å². The zero-order valence-corrected chi connectivity index (χ0v) is 15.3. The van der Waals surface area contributed by atoms with Gasteiger partial charge in [0, 0.05) is 18.6 Å². The summed E-state index contributed by atoms with van der Waals surface area (Å²) in [6.45, 7) is 8.02. The van der Waals surface area contributed by atoms with E-state index in [1.54, 1.807) is 7.11 Å². The van der Waals surface area contributed by atoms with E-state index in [1.807, 2.05) is 18.2 Å². The van der Waals surface area contributed by atoms with E-state index in [2.05, 4.69) is 43.5 Å². The summed E-state index contributed by atoms with van der Waals surface area (Å²) in [7, 11) is 1.64. The second-order valence-electron chi connectivity index (χ2n) is 6.73. The smallest absolute Gasteiger partial charge is 0.252 e. The Labute approximate surface area is 145 Å². The highest BCUT2D eigenvalue weighted by molar-refractivity contribution is 5.86. The highest BCUT2D eigenvalue weighted by atomic mass is 35.5. The predicted octanol–water partition coefficient (Wildman–Crippen LogP) is 2.66. The number of hydrogen-bond acceptors (Lipinski definition) is 3. The summed E-state index contributed by atoms with van der Waals surface area (Å²) in [6, 6.07) is 10.3. The SMILES string of the molecule is COC1(C(=O)NC(C)C(C)(C)c2ccccc2)CCNCC1.Cl. The van der Waals surface area contributed by atoms with E-state index in [-0.39, 0.29) is 29.8 Å². The third-order valence-corrected chi connectivity index (χ3v) is 5.16. The van der Waals surface area contributed by atoms with Gasteiger partial charge in [0.25, 0.3) is 5.91 Å². The normalized spacial score (nSPS) is 18.6. The van der Waals surface area contributed by atoms with Crippen LogP contribution in [0.4, 0.5) is 0 Å². The van der Waals surface area contributed by atoms with Crippen LogP contribution in [0, 0.1) is 0 Å². The molecule has 0 aromatic heterocycles. The van der Waals surface area contributed by atoms with Gasteiger partial charge in [0.05, 0.1) is 0 Å². The Hall–Kier alpha value is -1.10. The number of benzene rings is 1. The Bertz CT molecular complexity index is 499. The highest BCUT2D eigenvalue weighted by Crippen LogP contribution is 2.29. The van der Waals surface area contributed by atoms with Crippen LogP contribution in [-0.2, 0) is 14.9 Å². The molecule has 4 nitrogen and oxygen atoms in total. The fourth-order valence-corrected chi connectivity index (χ4v) is 2.98. The van der Waals surface area contributed by atoms with Crippen molar-refractivity contribution in [1.82, 2.24) is 10.6 Å². The maximum Gasteiger partial charge on any atom is 0.252 e. The van der Waals surface area contributed by atoms with Gasteiger partial charge in [-0.1, -0.05) is 44.2 Å². The number of carbonyl (C=O) groups excluding carboxylic acids is 1. The first-order valence-electron chi connectivity index (χ1n) is 8.05. The molecule has 1 heterocycles. The molecule has 1 atom stereocenters. The third-order valence-electron chi connectivity index (χ3n) is 5.16. The van der Waals surface area contributed by atoms with Gasteiger partial charge in [-0.15, -0.1) is 12.4 Å². The molecule has 1 amide bonds. The number of methoxy groups -OCH3 is 1. The topological polar surface area (TPSA) is 50.4 Å². The third kappa shape index (κ3) is 4.25. The lowest BCUT2D eigenvalue weighted by Gasteiger charge is -2.39. The maximum absolute atomic E-state index is 12.8. The fourth-order valence-electron chi connectivity index (χ4n) is 2.98. The molecule has 1 aliphatic rings. The van der Waals surface area contributed by atoms with Gasteiger partial charge in [-0.3, -0.25) is 4.79 Å². The monoisotopic (exact) mass is 340 g/mol.